The van der Waals surface area contributed by atoms with Gasteiger partial charge in [0.1, 0.15) is 5.82 Å². The quantitative estimate of drug-likeness (QED) is 0.818. The van der Waals surface area contributed by atoms with E-state index in [-0.39, 0.29) is 24.8 Å². The van der Waals surface area contributed by atoms with Gasteiger partial charge in [0.05, 0.1) is 17.1 Å². The lowest BCUT2D eigenvalue weighted by atomic mass is 10.4. The summed E-state index contributed by atoms with van der Waals surface area (Å²) < 4.78 is 0. The number of halogens is 3. The van der Waals surface area contributed by atoms with Crippen LogP contribution >= 0.6 is 36.4 Å². The molecule has 0 aliphatic rings. The van der Waals surface area contributed by atoms with Crippen LogP contribution in [0.25, 0.3) is 11.2 Å². The van der Waals surface area contributed by atoms with Crippen molar-refractivity contribution < 1.29 is 0 Å². The van der Waals surface area contributed by atoms with Crippen molar-refractivity contribution in [2.75, 3.05) is 0 Å². The maximum atomic E-state index is 5.73. The van der Waals surface area contributed by atoms with Crippen molar-refractivity contribution >= 4 is 47.6 Å². The van der Waals surface area contributed by atoms with Gasteiger partial charge in [-0.15, -0.1) is 24.8 Å². The molecule has 0 spiro atoms. The van der Waals surface area contributed by atoms with Crippen LogP contribution in [-0.4, -0.2) is 15.0 Å². The Morgan fingerprint density at radius 1 is 1.43 bits per heavy atom. The van der Waals surface area contributed by atoms with Gasteiger partial charge >= 0.3 is 0 Å². The van der Waals surface area contributed by atoms with Crippen LogP contribution in [0.2, 0.25) is 5.02 Å². The Labute approximate surface area is 98.1 Å². The van der Waals surface area contributed by atoms with Crippen molar-refractivity contribution in [1.29, 1.82) is 0 Å². The molecule has 4 nitrogen and oxygen atoms in total. The van der Waals surface area contributed by atoms with Crippen molar-refractivity contribution in [3.63, 3.8) is 0 Å². The van der Waals surface area contributed by atoms with E-state index in [1.165, 1.54) is 0 Å². The zero-order valence-electron chi connectivity index (χ0n) is 7.03. The Morgan fingerprint density at radius 2 is 2.14 bits per heavy atom. The zero-order valence-corrected chi connectivity index (χ0v) is 9.42. The molecule has 2 aromatic rings. The average Bonchev–Trinajstić information content (AvgIpc) is 2.46. The van der Waals surface area contributed by atoms with E-state index in [0.717, 1.165) is 11.3 Å². The highest BCUT2D eigenvalue weighted by atomic mass is 35.5. The lowest BCUT2D eigenvalue weighted by Crippen LogP contribution is -1.97. The average molecular weight is 256 g/mol. The van der Waals surface area contributed by atoms with Crippen LogP contribution in [0.1, 0.15) is 5.82 Å². The summed E-state index contributed by atoms with van der Waals surface area (Å²) in [6, 6.07) is 1.77. The third-order valence-electron chi connectivity index (χ3n) is 1.55. The summed E-state index contributed by atoms with van der Waals surface area (Å²) >= 11 is 5.73. The number of aromatic amines is 1. The number of hydrogen-bond acceptors (Lipinski definition) is 3. The van der Waals surface area contributed by atoms with Gasteiger partial charge in [-0.1, -0.05) is 11.6 Å². The third-order valence-corrected chi connectivity index (χ3v) is 1.75. The molecule has 2 rings (SSSR count). The van der Waals surface area contributed by atoms with Gasteiger partial charge in [0, 0.05) is 6.20 Å². The first-order valence-electron chi connectivity index (χ1n) is 3.50. The van der Waals surface area contributed by atoms with E-state index >= 15 is 0 Å². The minimum Gasteiger partial charge on any atom is -0.339 e. The molecule has 0 fully saturated rings. The fourth-order valence-electron chi connectivity index (χ4n) is 1.02. The van der Waals surface area contributed by atoms with Gasteiger partial charge in [-0.05, 0) is 6.07 Å². The molecule has 14 heavy (non-hydrogen) atoms. The molecular weight excluding hydrogens is 246 g/mol. The monoisotopic (exact) mass is 254 g/mol. The number of fused-ring (bicyclic) bond motifs is 1. The second-order valence-corrected chi connectivity index (χ2v) is 2.85. The third kappa shape index (κ3) is 2.48. The summed E-state index contributed by atoms with van der Waals surface area (Å²) in [5.41, 5.74) is 6.87. The highest BCUT2D eigenvalue weighted by molar-refractivity contribution is 6.30. The summed E-state index contributed by atoms with van der Waals surface area (Å²) in [6.07, 6.45) is 1.56. The Kier molecular flexibility index (Phi) is 5.15. The van der Waals surface area contributed by atoms with E-state index < -0.39 is 0 Å². The van der Waals surface area contributed by atoms with Crippen LogP contribution in [0.15, 0.2) is 12.3 Å². The van der Waals surface area contributed by atoms with E-state index in [0.29, 0.717) is 17.2 Å². The number of rotatable bonds is 1. The van der Waals surface area contributed by atoms with E-state index in [1.807, 2.05) is 0 Å². The van der Waals surface area contributed by atoms with Crippen molar-refractivity contribution in [2.45, 2.75) is 6.54 Å². The van der Waals surface area contributed by atoms with Gasteiger partial charge in [-0.3, -0.25) is 0 Å². The van der Waals surface area contributed by atoms with Gasteiger partial charge in [0.15, 0.2) is 5.65 Å². The maximum Gasteiger partial charge on any atom is 0.177 e. The molecule has 0 saturated carbocycles. The molecule has 0 aliphatic carbocycles. The topological polar surface area (TPSA) is 67.6 Å². The van der Waals surface area contributed by atoms with E-state index in [4.69, 9.17) is 17.3 Å². The molecule has 7 heteroatoms. The van der Waals surface area contributed by atoms with Gasteiger partial charge in [0.2, 0.25) is 0 Å². The molecule has 0 aromatic carbocycles. The summed E-state index contributed by atoms with van der Waals surface area (Å²) in [5, 5.41) is 0.592. The second-order valence-electron chi connectivity index (χ2n) is 2.41. The Balaban J connectivity index is 0.000000845. The van der Waals surface area contributed by atoms with Crippen LogP contribution < -0.4 is 5.73 Å². The molecule has 0 radical (unpaired) electrons. The zero-order chi connectivity index (χ0) is 8.55. The first-order chi connectivity index (χ1) is 5.79. The molecule has 0 aliphatic heterocycles. The number of nitrogens with zero attached hydrogens (tertiary/aromatic N) is 2. The normalized spacial score (nSPS) is 9.29. The van der Waals surface area contributed by atoms with Crippen molar-refractivity contribution in [3.05, 3.63) is 23.1 Å². The number of nitrogens with two attached hydrogens (primary N) is 1. The van der Waals surface area contributed by atoms with Gasteiger partial charge in [-0.2, -0.15) is 0 Å². The highest BCUT2D eigenvalue weighted by Crippen LogP contribution is 2.13. The maximum absolute atomic E-state index is 5.73. The fraction of sp³-hybridized carbons (Fsp3) is 0.143. The summed E-state index contributed by atoms with van der Waals surface area (Å²) in [6.45, 7) is 0.383. The van der Waals surface area contributed by atoms with Crippen LogP contribution in [0.5, 0.6) is 0 Å². The second kappa shape index (κ2) is 5.36. The molecule has 0 unspecified atom stereocenters. The molecule has 2 heterocycles. The minimum absolute atomic E-state index is 0. The molecule has 78 valence electrons. The van der Waals surface area contributed by atoms with Crippen molar-refractivity contribution in [1.82, 2.24) is 15.0 Å². The van der Waals surface area contributed by atoms with E-state index in [1.54, 1.807) is 12.3 Å². The molecule has 0 bridgehead atoms. The standard InChI is InChI=1S/C7H7ClN4.2ClH/c8-4-1-5-7(10-3-4)12-6(2-9)11-5;;/h1,3H,2,9H2,(H,10,11,12);2*1H. The largest absolute Gasteiger partial charge is 0.339 e. The molecule has 0 saturated heterocycles. The lowest BCUT2D eigenvalue weighted by molar-refractivity contribution is 0.956. The van der Waals surface area contributed by atoms with Gasteiger partial charge in [0.25, 0.3) is 0 Å². The Hall–Kier alpha value is -0.550. The number of nitrogens with one attached hydrogen (secondary N) is 1. The van der Waals surface area contributed by atoms with Crippen molar-refractivity contribution in [3.8, 4) is 0 Å². The van der Waals surface area contributed by atoms with Crippen LogP contribution in [0.4, 0.5) is 0 Å². The molecular formula is C7H9Cl3N4. The van der Waals surface area contributed by atoms with Crippen molar-refractivity contribution in [2.24, 2.45) is 5.73 Å². The first kappa shape index (κ1) is 13.4. The molecule has 0 amide bonds. The summed E-state index contributed by atoms with van der Waals surface area (Å²) in [7, 11) is 0. The minimum atomic E-state index is 0. The predicted octanol–water partition coefficient (Wildman–Crippen LogP) is 1.91. The SMILES string of the molecule is Cl.Cl.NCc1nc2ncc(Cl)cc2[nH]1. The highest BCUT2D eigenvalue weighted by Gasteiger charge is 2.01. The Morgan fingerprint density at radius 3 is 2.79 bits per heavy atom. The molecule has 3 N–H and O–H groups in total. The Bertz CT molecular complexity index is 414. The first-order valence-corrected chi connectivity index (χ1v) is 3.87. The van der Waals surface area contributed by atoms with E-state index in [2.05, 4.69) is 15.0 Å². The number of hydrogen-bond donors (Lipinski definition) is 2. The predicted molar refractivity (Wildman–Crippen MR) is 61.3 cm³/mol. The van der Waals surface area contributed by atoms with Crippen LogP contribution in [-0.2, 0) is 6.54 Å². The number of aromatic nitrogens is 3. The number of pyridine rings is 1. The number of H-pyrrole nitrogens is 1. The van der Waals surface area contributed by atoms with Crippen LogP contribution in [0, 0.1) is 0 Å². The fourth-order valence-corrected chi connectivity index (χ4v) is 1.18. The number of imidazole rings is 1. The van der Waals surface area contributed by atoms with E-state index in [9.17, 15) is 0 Å². The van der Waals surface area contributed by atoms with Gasteiger partial charge in [-0.25, -0.2) is 9.97 Å². The summed E-state index contributed by atoms with van der Waals surface area (Å²) in [4.78, 5) is 11.1. The van der Waals surface area contributed by atoms with Gasteiger partial charge < -0.3 is 10.7 Å². The smallest absolute Gasteiger partial charge is 0.177 e. The lowest BCUT2D eigenvalue weighted by Gasteiger charge is -1.86. The molecule has 0 atom stereocenters. The molecule has 2 aromatic heterocycles. The van der Waals surface area contributed by atoms with Crippen LogP contribution in [0.3, 0.4) is 0 Å². The summed E-state index contributed by atoms with van der Waals surface area (Å²) in [5.74, 6) is 0.722.